The number of hydrogen-bond acceptors (Lipinski definition) is 4. The van der Waals surface area contributed by atoms with E-state index in [2.05, 4.69) is 14.5 Å². The molecule has 1 aromatic rings. The Bertz CT molecular complexity index is 389. The molecule has 1 atom stereocenters. The smallest absolute Gasteiger partial charge is 0.138 e. The van der Waals surface area contributed by atoms with E-state index in [1.807, 2.05) is 0 Å². The molecule has 0 spiro atoms. The van der Waals surface area contributed by atoms with Gasteiger partial charge < -0.3 is 0 Å². The maximum atomic E-state index is 6.12. The van der Waals surface area contributed by atoms with Crippen molar-refractivity contribution < 1.29 is 0 Å². The summed E-state index contributed by atoms with van der Waals surface area (Å²) < 4.78 is 4.70. The molecule has 100 valence electrons. The predicted octanol–water partition coefficient (Wildman–Crippen LogP) is 3.74. The molecule has 2 aliphatic rings. The molecule has 0 aromatic carbocycles. The lowest BCUT2D eigenvalue weighted by Crippen LogP contribution is -2.36. The monoisotopic (exact) mass is 285 g/mol. The van der Waals surface area contributed by atoms with Gasteiger partial charge in [0.15, 0.2) is 0 Å². The Hall–Kier alpha value is -0.190. The molecule has 3 rings (SSSR count). The van der Waals surface area contributed by atoms with Crippen molar-refractivity contribution in [1.82, 2.24) is 14.5 Å². The molecule has 1 unspecified atom stereocenters. The second kappa shape index (κ2) is 5.85. The largest absolute Gasteiger partial charge is 0.294 e. The number of likely N-dealkylation sites (tertiary alicyclic amines) is 1. The van der Waals surface area contributed by atoms with Gasteiger partial charge in [0.25, 0.3) is 0 Å². The summed E-state index contributed by atoms with van der Waals surface area (Å²) >= 11 is 7.42. The van der Waals surface area contributed by atoms with Crippen molar-refractivity contribution in [2.24, 2.45) is 5.92 Å². The van der Waals surface area contributed by atoms with Gasteiger partial charge >= 0.3 is 0 Å². The fraction of sp³-hybridized carbons (Fsp3) is 0.846. The molecule has 3 nitrogen and oxygen atoms in total. The van der Waals surface area contributed by atoms with Gasteiger partial charge in [-0.15, -0.1) is 5.10 Å². The second-order valence-corrected chi connectivity index (χ2v) is 6.93. The number of aromatic nitrogens is 2. The maximum absolute atomic E-state index is 6.12. The van der Waals surface area contributed by atoms with Crippen molar-refractivity contribution in [2.45, 2.75) is 57.5 Å². The third-order valence-electron chi connectivity index (χ3n) is 4.47. The highest BCUT2D eigenvalue weighted by Gasteiger charge is 2.32. The maximum Gasteiger partial charge on any atom is 0.138 e. The fourth-order valence-corrected chi connectivity index (χ4v) is 4.20. The summed E-state index contributed by atoms with van der Waals surface area (Å²) in [4.78, 5) is 2.60. The van der Waals surface area contributed by atoms with E-state index in [9.17, 15) is 0 Å². The van der Waals surface area contributed by atoms with Crippen LogP contribution in [0.5, 0.6) is 0 Å². The zero-order valence-electron chi connectivity index (χ0n) is 10.6. The summed E-state index contributed by atoms with van der Waals surface area (Å²) in [7, 11) is 0. The van der Waals surface area contributed by atoms with Crippen LogP contribution in [0.25, 0.3) is 0 Å². The first-order valence-corrected chi connectivity index (χ1v) is 8.20. The first-order valence-electron chi connectivity index (χ1n) is 7.05. The molecule has 2 heterocycles. The normalized spacial score (nSPS) is 26.8. The molecule has 18 heavy (non-hydrogen) atoms. The average Bonchev–Trinajstić information content (AvgIpc) is 3.01. The quantitative estimate of drug-likeness (QED) is 0.847. The first-order chi connectivity index (χ1) is 8.84. The molecular formula is C13H20ClN3S. The molecule has 0 bridgehead atoms. The Morgan fingerprint density at radius 3 is 2.72 bits per heavy atom. The summed E-state index contributed by atoms with van der Waals surface area (Å²) in [6.45, 7) is 2.10. The standard InChI is InChI=1S/C13H20ClN3S/c14-13-11(15-16-18-13)9-17-8-4-7-12(17)10-5-2-1-3-6-10/h10,12H,1-9H2. The second-order valence-electron chi connectivity index (χ2n) is 5.57. The van der Waals surface area contributed by atoms with Crippen LogP contribution in [0, 0.1) is 5.92 Å². The van der Waals surface area contributed by atoms with Crippen molar-refractivity contribution in [3.63, 3.8) is 0 Å². The number of hydrogen-bond donors (Lipinski definition) is 0. The third kappa shape index (κ3) is 2.70. The van der Waals surface area contributed by atoms with Gasteiger partial charge in [0.1, 0.15) is 10.0 Å². The van der Waals surface area contributed by atoms with Crippen LogP contribution in [0.4, 0.5) is 0 Å². The summed E-state index contributed by atoms with van der Waals surface area (Å²) in [6, 6.07) is 0.767. The first kappa shape index (κ1) is 12.8. The molecule has 5 heteroatoms. The van der Waals surface area contributed by atoms with Crippen molar-refractivity contribution in [3.8, 4) is 0 Å². The average molecular weight is 286 g/mol. The van der Waals surface area contributed by atoms with E-state index in [0.717, 1.165) is 28.5 Å². The highest BCUT2D eigenvalue weighted by Crippen LogP contribution is 2.35. The van der Waals surface area contributed by atoms with Crippen LogP contribution < -0.4 is 0 Å². The van der Waals surface area contributed by atoms with Crippen LogP contribution in [0.1, 0.15) is 50.6 Å². The van der Waals surface area contributed by atoms with Gasteiger partial charge in [-0.3, -0.25) is 4.90 Å². The highest BCUT2D eigenvalue weighted by molar-refractivity contribution is 7.10. The fourth-order valence-electron chi connectivity index (χ4n) is 3.58. The van der Waals surface area contributed by atoms with Gasteiger partial charge in [-0.25, -0.2) is 0 Å². The van der Waals surface area contributed by atoms with Gasteiger partial charge in [-0.2, -0.15) is 0 Å². The minimum atomic E-state index is 0.767. The Morgan fingerprint density at radius 1 is 1.17 bits per heavy atom. The lowest BCUT2D eigenvalue weighted by molar-refractivity contribution is 0.150. The minimum Gasteiger partial charge on any atom is -0.294 e. The molecule has 0 amide bonds. The summed E-state index contributed by atoms with van der Waals surface area (Å²) in [5, 5.41) is 4.15. The molecular weight excluding hydrogens is 266 g/mol. The Morgan fingerprint density at radius 2 is 2.00 bits per heavy atom. The number of nitrogens with zero attached hydrogens (tertiary/aromatic N) is 3. The van der Waals surface area contributed by atoms with Crippen LogP contribution >= 0.6 is 23.1 Å². The van der Waals surface area contributed by atoms with Crippen molar-refractivity contribution in [2.75, 3.05) is 6.54 Å². The highest BCUT2D eigenvalue weighted by atomic mass is 35.5. The van der Waals surface area contributed by atoms with E-state index in [-0.39, 0.29) is 0 Å². The Kier molecular flexibility index (Phi) is 4.16. The molecule has 1 saturated heterocycles. The molecule has 2 fully saturated rings. The Labute approximate surface area is 118 Å². The van der Waals surface area contributed by atoms with Crippen molar-refractivity contribution in [3.05, 3.63) is 10.0 Å². The lowest BCUT2D eigenvalue weighted by Gasteiger charge is -2.33. The molecule has 1 saturated carbocycles. The van der Waals surface area contributed by atoms with E-state index < -0.39 is 0 Å². The molecule has 1 aromatic heterocycles. The van der Waals surface area contributed by atoms with Gasteiger partial charge in [0.05, 0.1) is 0 Å². The van der Waals surface area contributed by atoms with Gasteiger partial charge in [0.2, 0.25) is 0 Å². The van der Waals surface area contributed by atoms with Crippen LogP contribution in [0.2, 0.25) is 4.34 Å². The number of rotatable bonds is 3. The Balaban J connectivity index is 1.65. The van der Waals surface area contributed by atoms with Gasteiger partial charge in [-0.05, 0) is 38.1 Å². The van der Waals surface area contributed by atoms with Crippen LogP contribution in [0.15, 0.2) is 0 Å². The van der Waals surface area contributed by atoms with Gasteiger partial charge in [0, 0.05) is 24.1 Å². The van der Waals surface area contributed by atoms with E-state index in [1.165, 1.54) is 63.0 Å². The van der Waals surface area contributed by atoms with Gasteiger partial charge in [-0.1, -0.05) is 35.4 Å². The minimum absolute atomic E-state index is 0.767. The predicted molar refractivity (Wildman–Crippen MR) is 74.9 cm³/mol. The van der Waals surface area contributed by atoms with E-state index in [0.29, 0.717) is 0 Å². The summed E-state index contributed by atoms with van der Waals surface area (Å²) in [5.74, 6) is 0.909. The molecule has 1 aliphatic heterocycles. The third-order valence-corrected chi connectivity index (χ3v) is 5.45. The topological polar surface area (TPSA) is 29.0 Å². The summed E-state index contributed by atoms with van der Waals surface area (Å²) in [5.41, 5.74) is 0.976. The van der Waals surface area contributed by atoms with E-state index in [4.69, 9.17) is 11.6 Å². The SMILES string of the molecule is Clc1snnc1CN1CCCC1C1CCCCC1. The van der Waals surface area contributed by atoms with Crippen molar-refractivity contribution >= 4 is 23.1 Å². The van der Waals surface area contributed by atoms with E-state index >= 15 is 0 Å². The zero-order valence-corrected chi connectivity index (χ0v) is 12.2. The molecule has 0 radical (unpaired) electrons. The molecule has 1 aliphatic carbocycles. The van der Waals surface area contributed by atoms with Crippen LogP contribution in [-0.4, -0.2) is 27.1 Å². The zero-order chi connectivity index (χ0) is 12.4. The van der Waals surface area contributed by atoms with Crippen LogP contribution in [0.3, 0.4) is 0 Å². The summed E-state index contributed by atoms with van der Waals surface area (Å²) in [6.07, 6.45) is 9.82. The molecule has 0 N–H and O–H groups in total. The lowest BCUT2D eigenvalue weighted by atomic mass is 9.83. The van der Waals surface area contributed by atoms with Crippen LogP contribution in [-0.2, 0) is 6.54 Å². The number of halogens is 1. The van der Waals surface area contributed by atoms with E-state index in [1.54, 1.807) is 0 Å². The van der Waals surface area contributed by atoms with Crippen molar-refractivity contribution in [1.29, 1.82) is 0 Å².